The Bertz CT molecular complexity index is 1680. The van der Waals surface area contributed by atoms with Gasteiger partial charge in [0, 0.05) is 23.7 Å². The monoisotopic (exact) mass is 511 g/mol. The van der Waals surface area contributed by atoms with Gasteiger partial charge in [-0.05, 0) is 56.3 Å². The maximum atomic E-state index is 13.6. The van der Waals surface area contributed by atoms with Crippen LogP contribution in [0.5, 0.6) is 0 Å². The third kappa shape index (κ3) is 4.40. The van der Waals surface area contributed by atoms with Crippen LogP contribution >= 0.6 is 11.6 Å². The van der Waals surface area contributed by atoms with Gasteiger partial charge in [0.25, 0.3) is 5.91 Å². The van der Waals surface area contributed by atoms with Gasteiger partial charge >= 0.3 is 11.1 Å². The number of sulfone groups is 1. The van der Waals surface area contributed by atoms with Crippen LogP contribution in [0.1, 0.15) is 24.2 Å². The Morgan fingerprint density at radius 2 is 1.46 bits per heavy atom. The first-order chi connectivity index (χ1) is 16.7. The zero-order chi connectivity index (χ0) is 25.3. The Balaban J connectivity index is 2.05. The van der Waals surface area contributed by atoms with Crippen LogP contribution in [0.15, 0.2) is 86.1 Å². The number of aryl methyl sites for hydroxylation is 2. The molecule has 1 aromatic heterocycles. The third-order valence-electron chi connectivity index (χ3n) is 5.64. The molecule has 3 aromatic carbocycles. The highest BCUT2D eigenvalue weighted by Gasteiger charge is 2.25. The average molecular weight is 512 g/mol. The summed E-state index contributed by atoms with van der Waals surface area (Å²) < 4.78 is 29.8. The molecule has 0 aliphatic heterocycles. The van der Waals surface area contributed by atoms with Crippen molar-refractivity contribution in [3.63, 3.8) is 0 Å². The lowest BCUT2D eigenvalue weighted by atomic mass is 10.2. The van der Waals surface area contributed by atoms with E-state index in [4.69, 9.17) is 11.6 Å². The number of fused-ring (bicyclic) bond motifs is 1. The second-order valence-electron chi connectivity index (χ2n) is 7.72. The Morgan fingerprint density at radius 1 is 0.857 bits per heavy atom. The number of rotatable bonds is 6. The number of nitrogens with zero attached hydrogens (tertiary/aromatic N) is 2. The van der Waals surface area contributed by atoms with Gasteiger partial charge in [0.2, 0.25) is 9.84 Å². The maximum absolute atomic E-state index is 13.6. The van der Waals surface area contributed by atoms with Crippen LogP contribution in [0.3, 0.4) is 0 Å². The van der Waals surface area contributed by atoms with Crippen molar-refractivity contribution in [1.29, 1.82) is 0 Å². The van der Waals surface area contributed by atoms with Crippen LogP contribution in [0.2, 0.25) is 5.02 Å². The summed E-state index contributed by atoms with van der Waals surface area (Å²) in [6.07, 6.45) is 0. The Kier molecular flexibility index (Phi) is 6.64. The molecule has 35 heavy (non-hydrogen) atoms. The fourth-order valence-electron chi connectivity index (χ4n) is 3.94. The molecular formula is C25H22ClN3O5S. The number of hydrogen-bond donors (Lipinski definition) is 1. The van der Waals surface area contributed by atoms with Crippen molar-refractivity contribution in [1.82, 2.24) is 9.13 Å². The van der Waals surface area contributed by atoms with E-state index in [0.29, 0.717) is 10.5 Å². The van der Waals surface area contributed by atoms with Crippen molar-refractivity contribution in [3.05, 3.63) is 98.0 Å². The number of halogens is 1. The molecule has 0 bridgehead atoms. The molecule has 0 saturated heterocycles. The predicted octanol–water partition coefficient (Wildman–Crippen LogP) is 3.94. The number of carbonyl (C=O) groups is 1. The minimum Gasteiger partial charge on any atom is -0.321 e. The normalized spacial score (nSPS) is 11.5. The molecule has 1 amide bonds. The molecule has 4 aromatic rings. The Hall–Kier alpha value is -3.69. The van der Waals surface area contributed by atoms with Crippen LogP contribution in [-0.2, 0) is 22.9 Å². The van der Waals surface area contributed by atoms with Gasteiger partial charge in [-0.2, -0.15) is 0 Å². The van der Waals surface area contributed by atoms with Crippen molar-refractivity contribution < 1.29 is 13.2 Å². The fraction of sp³-hybridized carbons (Fsp3) is 0.160. The van der Waals surface area contributed by atoms with Gasteiger partial charge in [-0.15, -0.1) is 0 Å². The Labute approximate surface area is 206 Å². The molecule has 1 N–H and O–H groups in total. The largest absolute Gasteiger partial charge is 0.321 e. The first kappa shape index (κ1) is 24.4. The molecule has 0 saturated carbocycles. The SMILES string of the molecule is CCn1c(=O)c(=O)n(CC)c2cc(S(=O)(=O)c3ccccc3)c(NC(=O)c3cccc(Cl)c3)cc21. The molecule has 180 valence electrons. The number of anilines is 1. The van der Waals surface area contributed by atoms with Gasteiger partial charge in [-0.25, -0.2) is 8.42 Å². The van der Waals surface area contributed by atoms with Gasteiger partial charge in [0.1, 0.15) is 0 Å². The quantitative estimate of drug-likeness (QED) is 0.394. The zero-order valence-electron chi connectivity index (χ0n) is 19.0. The minimum atomic E-state index is -4.11. The fourth-order valence-corrected chi connectivity index (χ4v) is 5.56. The maximum Gasteiger partial charge on any atom is 0.316 e. The Morgan fingerprint density at radius 3 is 2.03 bits per heavy atom. The second-order valence-corrected chi connectivity index (χ2v) is 10.1. The molecule has 0 atom stereocenters. The molecule has 0 fully saturated rings. The van der Waals surface area contributed by atoms with E-state index in [2.05, 4.69) is 5.32 Å². The number of benzene rings is 3. The van der Waals surface area contributed by atoms with Gasteiger partial charge in [-0.3, -0.25) is 14.4 Å². The molecule has 0 unspecified atom stereocenters. The van der Waals surface area contributed by atoms with Gasteiger partial charge in [0.05, 0.1) is 26.5 Å². The van der Waals surface area contributed by atoms with Gasteiger partial charge in [0.15, 0.2) is 0 Å². The summed E-state index contributed by atoms with van der Waals surface area (Å²) in [4.78, 5) is 38.2. The van der Waals surface area contributed by atoms with Crippen molar-refractivity contribution in [2.75, 3.05) is 5.32 Å². The van der Waals surface area contributed by atoms with E-state index in [-0.39, 0.29) is 39.6 Å². The topological polar surface area (TPSA) is 107 Å². The highest BCUT2D eigenvalue weighted by molar-refractivity contribution is 7.91. The number of carbonyl (C=O) groups excluding carboxylic acids is 1. The summed E-state index contributed by atoms with van der Waals surface area (Å²) in [7, 11) is -4.11. The highest BCUT2D eigenvalue weighted by Crippen LogP contribution is 2.32. The van der Waals surface area contributed by atoms with E-state index in [1.54, 1.807) is 50.2 Å². The lowest BCUT2D eigenvalue weighted by Crippen LogP contribution is -2.41. The lowest BCUT2D eigenvalue weighted by molar-refractivity contribution is 0.102. The molecule has 4 rings (SSSR count). The predicted molar refractivity (Wildman–Crippen MR) is 135 cm³/mol. The molecule has 0 aliphatic carbocycles. The summed E-state index contributed by atoms with van der Waals surface area (Å²) >= 11 is 6.01. The number of amides is 1. The smallest absolute Gasteiger partial charge is 0.316 e. The van der Waals surface area contributed by atoms with Crippen LogP contribution < -0.4 is 16.4 Å². The average Bonchev–Trinajstić information content (AvgIpc) is 2.85. The van der Waals surface area contributed by atoms with Gasteiger partial charge in [-0.1, -0.05) is 35.9 Å². The minimum absolute atomic E-state index is 0.0192. The van der Waals surface area contributed by atoms with Crippen molar-refractivity contribution in [2.24, 2.45) is 0 Å². The van der Waals surface area contributed by atoms with Crippen LogP contribution in [-0.4, -0.2) is 23.5 Å². The number of aromatic nitrogens is 2. The summed E-state index contributed by atoms with van der Waals surface area (Å²) in [5, 5.41) is 3.01. The van der Waals surface area contributed by atoms with E-state index in [1.807, 2.05) is 0 Å². The van der Waals surface area contributed by atoms with E-state index >= 15 is 0 Å². The lowest BCUT2D eigenvalue weighted by Gasteiger charge is -2.18. The number of hydrogen-bond acceptors (Lipinski definition) is 5. The van der Waals surface area contributed by atoms with E-state index in [9.17, 15) is 22.8 Å². The summed E-state index contributed by atoms with van der Waals surface area (Å²) in [5.41, 5.74) is -0.670. The third-order valence-corrected chi connectivity index (χ3v) is 7.69. The van der Waals surface area contributed by atoms with E-state index in [1.165, 1.54) is 39.5 Å². The zero-order valence-corrected chi connectivity index (χ0v) is 20.6. The molecule has 0 aliphatic rings. The summed E-state index contributed by atoms with van der Waals surface area (Å²) in [6, 6.07) is 16.7. The highest BCUT2D eigenvalue weighted by atomic mass is 35.5. The molecule has 1 heterocycles. The summed E-state index contributed by atoms with van der Waals surface area (Å²) in [6.45, 7) is 3.74. The van der Waals surface area contributed by atoms with Crippen molar-refractivity contribution in [3.8, 4) is 0 Å². The first-order valence-corrected chi connectivity index (χ1v) is 12.7. The standard InChI is InChI=1S/C25H22ClN3O5S/c1-3-28-20-14-19(27-23(30)16-9-8-10-17(26)13-16)22(35(33,34)18-11-6-5-7-12-18)15-21(20)29(4-2)25(32)24(28)31/h5-15H,3-4H2,1-2H3,(H,27,30). The molecule has 8 nitrogen and oxygen atoms in total. The van der Waals surface area contributed by atoms with Crippen molar-refractivity contribution in [2.45, 2.75) is 36.7 Å². The number of nitrogens with one attached hydrogen (secondary N) is 1. The van der Waals surface area contributed by atoms with Crippen LogP contribution in [0.25, 0.3) is 11.0 Å². The second kappa shape index (κ2) is 9.52. The van der Waals surface area contributed by atoms with E-state index < -0.39 is 26.9 Å². The van der Waals surface area contributed by atoms with Gasteiger partial charge < -0.3 is 14.5 Å². The van der Waals surface area contributed by atoms with E-state index in [0.717, 1.165) is 0 Å². The molecular weight excluding hydrogens is 490 g/mol. The summed E-state index contributed by atoms with van der Waals surface area (Å²) in [5.74, 6) is -0.578. The molecule has 0 radical (unpaired) electrons. The van der Waals surface area contributed by atoms with Crippen LogP contribution in [0.4, 0.5) is 5.69 Å². The first-order valence-electron chi connectivity index (χ1n) is 10.9. The van der Waals surface area contributed by atoms with Crippen molar-refractivity contribution >= 4 is 44.1 Å². The molecule has 0 spiro atoms. The molecule has 10 heteroatoms. The van der Waals surface area contributed by atoms with Crippen LogP contribution in [0, 0.1) is 0 Å².